The Morgan fingerprint density at radius 3 is 2.85 bits per heavy atom. The Morgan fingerprint density at radius 1 is 1.46 bits per heavy atom. The number of ether oxygens (including phenoxy) is 1. The van der Waals surface area contributed by atoms with Crippen molar-refractivity contribution in [2.24, 2.45) is 5.92 Å². The van der Waals surface area contributed by atoms with Gasteiger partial charge in [0, 0.05) is 0 Å². The third kappa shape index (κ3) is 2.56. The molecule has 1 fully saturated rings. The minimum absolute atomic E-state index is 0.791. The first-order valence-corrected chi connectivity index (χ1v) is 5.67. The zero-order valence-electron chi connectivity index (χ0n) is 7.37. The van der Waals surface area contributed by atoms with Gasteiger partial charge in [-0.15, -0.1) is 0 Å². The molecule has 1 aromatic heterocycles. The SMILES string of the molecule is Ic1ccc(OCC2CCC2)cn1. The van der Waals surface area contributed by atoms with Crippen LogP contribution in [-0.2, 0) is 0 Å². The van der Waals surface area contributed by atoms with Crippen LogP contribution in [0.2, 0.25) is 0 Å². The Morgan fingerprint density at radius 2 is 2.31 bits per heavy atom. The molecule has 1 aliphatic carbocycles. The van der Waals surface area contributed by atoms with Crippen molar-refractivity contribution in [2.45, 2.75) is 19.3 Å². The second-order valence-corrected chi connectivity index (χ2v) is 4.53. The van der Waals surface area contributed by atoms with E-state index in [1.807, 2.05) is 12.1 Å². The van der Waals surface area contributed by atoms with E-state index < -0.39 is 0 Å². The monoisotopic (exact) mass is 289 g/mol. The third-order valence-corrected chi connectivity index (χ3v) is 3.05. The van der Waals surface area contributed by atoms with Crippen LogP contribution in [0.5, 0.6) is 5.75 Å². The van der Waals surface area contributed by atoms with Gasteiger partial charge < -0.3 is 4.74 Å². The van der Waals surface area contributed by atoms with Crippen molar-refractivity contribution >= 4 is 22.6 Å². The van der Waals surface area contributed by atoms with Crippen molar-refractivity contribution in [1.29, 1.82) is 0 Å². The molecule has 0 radical (unpaired) electrons. The maximum atomic E-state index is 5.60. The number of halogens is 1. The summed E-state index contributed by atoms with van der Waals surface area (Å²) in [5.74, 6) is 1.69. The second-order valence-electron chi connectivity index (χ2n) is 3.42. The maximum Gasteiger partial charge on any atom is 0.137 e. The fourth-order valence-corrected chi connectivity index (χ4v) is 1.64. The average Bonchev–Trinajstić information content (AvgIpc) is 2.05. The van der Waals surface area contributed by atoms with E-state index in [1.54, 1.807) is 6.20 Å². The molecule has 0 saturated heterocycles. The minimum atomic E-state index is 0.791. The van der Waals surface area contributed by atoms with E-state index in [4.69, 9.17) is 4.74 Å². The second kappa shape index (κ2) is 4.26. The molecule has 13 heavy (non-hydrogen) atoms. The zero-order chi connectivity index (χ0) is 9.10. The van der Waals surface area contributed by atoms with Gasteiger partial charge in [0.2, 0.25) is 0 Å². The highest BCUT2D eigenvalue weighted by Crippen LogP contribution is 2.26. The van der Waals surface area contributed by atoms with E-state index in [-0.39, 0.29) is 0 Å². The molecular formula is C10H12INO. The number of pyridine rings is 1. The van der Waals surface area contributed by atoms with Crippen molar-refractivity contribution < 1.29 is 4.74 Å². The fraction of sp³-hybridized carbons (Fsp3) is 0.500. The summed E-state index contributed by atoms with van der Waals surface area (Å²) in [5.41, 5.74) is 0. The molecule has 0 amide bonds. The molecule has 2 rings (SSSR count). The molecule has 70 valence electrons. The van der Waals surface area contributed by atoms with Crippen LogP contribution in [0.4, 0.5) is 0 Å². The van der Waals surface area contributed by atoms with Crippen molar-refractivity contribution in [3.8, 4) is 5.75 Å². The highest BCUT2D eigenvalue weighted by Gasteiger charge is 2.17. The lowest BCUT2D eigenvalue weighted by Gasteiger charge is -2.24. The van der Waals surface area contributed by atoms with Crippen LogP contribution >= 0.6 is 22.6 Å². The predicted molar refractivity (Wildman–Crippen MR) is 59.8 cm³/mol. The molecule has 0 bridgehead atoms. The Hall–Kier alpha value is -0.320. The molecule has 0 spiro atoms. The quantitative estimate of drug-likeness (QED) is 0.630. The van der Waals surface area contributed by atoms with Crippen LogP contribution in [0.15, 0.2) is 18.3 Å². The normalized spacial score (nSPS) is 16.7. The van der Waals surface area contributed by atoms with Crippen LogP contribution in [0.3, 0.4) is 0 Å². The van der Waals surface area contributed by atoms with Crippen molar-refractivity contribution in [1.82, 2.24) is 4.98 Å². The summed E-state index contributed by atoms with van der Waals surface area (Å²) in [7, 11) is 0. The molecule has 2 nitrogen and oxygen atoms in total. The zero-order valence-corrected chi connectivity index (χ0v) is 9.53. The van der Waals surface area contributed by atoms with E-state index in [2.05, 4.69) is 27.6 Å². The summed E-state index contributed by atoms with van der Waals surface area (Å²) in [6.07, 6.45) is 5.83. The lowest BCUT2D eigenvalue weighted by atomic mass is 9.86. The van der Waals surface area contributed by atoms with E-state index >= 15 is 0 Å². The summed E-state index contributed by atoms with van der Waals surface area (Å²) in [4.78, 5) is 4.16. The van der Waals surface area contributed by atoms with Gasteiger partial charge in [0.1, 0.15) is 9.45 Å². The van der Waals surface area contributed by atoms with Gasteiger partial charge in [0.05, 0.1) is 12.8 Å². The number of hydrogen-bond donors (Lipinski definition) is 0. The number of nitrogens with zero attached hydrogens (tertiary/aromatic N) is 1. The molecule has 1 saturated carbocycles. The lowest BCUT2D eigenvalue weighted by molar-refractivity contribution is 0.180. The highest BCUT2D eigenvalue weighted by atomic mass is 127. The molecular weight excluding hydrogens is 277 g/mol. The summed E-state index contributed by atoms with van der Waals surface area (Å²) >= 11 is 2.19. The van der Waals surface area contributed by atoms with E-state index in [0.717, 1.165) is 22.0 Å². The summed E-state index contributed by atoms with van der Waals surface area (Å²) in [5, 5.41) is 0. The van der Waals surface area contributed by atoms with E-state index in [0.29, 0.717) is 0 Å². The van der Waals surface area contributed by atoms with E-state index in [9.17, 15) is 0 Å². The van der Waals surface area contributed by atoms with Crippen LogP contribution < -0.4 is 4.74 Å². The first-order valence-electron chi connectivity index (χ1n) is 4.59. The molecule has 3 heteroatoms. The van der Waals surface area contributed by atoms with Gasteiger partial charge in [-0.25, -0.2) is 4.98 Å². The minimum Gasteiger partial charge on any atom is -0.492 e. The fourth-order valence-electron chi connectivity index (χ4n) is 1.32. The van der Waals surface area contributed by atoms with Crippen molar-refractivity contribution in [3.05, 3.63) is 22.0 Å². The Labute approximate surface area is 91.8 Å². The van der Waals surface area contributed by atoms with Gasteiger partial charge in [0.25, 0.3) is 0 Å². The topological polar surface area (TPSA) is 22.1 Å². The number of rotatable bonds is 3. The molecule has 1 aliphatic rings. The standard InChI is InChI=1S/C10H12INO/c11-10-5-4-9(6-12-10)13-7-8-2-1-3-8/h4-6,8H,1-3,7H2. The first-order chi connectivity index (χ1) is 6.34. The van der Waals surface area contributed by atoms with Gasteiger partial charge in [-0.05, 0) is 53.5 Å². The largest absolute Gasteiger partial charge is 0.492 e. The average molecular weight is 289 g/mol. The first kappa shape index (κ1) is 9.24. The van der Waals surface area contributed by atoms with Gasteiger partial charge in [-0.3, -0.25) is 0 Å². The molecule has 0 aromatic carbocycles. The van der Waals surface area contributed by atoms with Crippen molar-refractivity contribution in [3.63, 3.8) is 0 Å². The maximum absolute atomic E-state index is 5.60. The van der Waals surface area contributed by atoms with Crippen LogP contribution in [0.1, 0.15) is 19.3 Å². The van der Waals surface area contributed by atoms with Crippen LogP contribution in [-0.4, -0.2) is 11.6 Å². The molecule has 0 aliphatic heterocycles. The van der Waals surface area contributed by atoms with Gasteiger partial charge in [-0.2, -0.15) is 0 Å². The summed E-state index contributed by atoms with van der Waals surface area (Å²) < 4.78 is 6.61. The summed E-state index contributed by atoms with van der Waals surface area (Å²) in [6, 6.07) is 3.95. The smallest absolute Gasteiger partial charge is 0.137 e. The van der Waals surface area contributed by atoms with Gasteiger partial charge in [-0.1, -0.05) is 6.42 Å². The Kier molecular flexibility index (Phi) is 3.03. The van der Waals surface area contributed by atoms with Crippen LogP contribution in [0.25, 0.3) is 0 Å². The highest BCUT2D eigenvalue weighted by molar-refractivity contribution is 14.1. The van der Waals surface area contributed by atoms with E-state index in [1.165, 1.54) is 19.3 Å². The summed E-state index contributed by atoms with van der Waals surface area (Å²) in [6.45, 7) is 0.863. The number of hydrogen-bond acceptors (Lipinski definition) is 2. The molecule has 1 aromatic rings. The molecule has 0 N–H and O–H groups in total. The third-order valence-electron chi connectivity index (χ3n) is 2.41. The van der Waals surface area contributed by atoms with Gasteiger partial charge >= 0.3 is 0 Å². The predicted octanol–water partition coefficient (Wildman–Crippen LogP) is 2.87. The number of aromatic nitrogens is 1. The lowest BCUT2D eigenvalue weighted by Crippen LogP contribution is -2.19. The van der Waals surface area contributed by atoms with Crippen molar-refractivity contribution in [2.75, 3.05) is 6.61 Å². The molecule has 0 unspecified atom stereocenters. The Bertz CT molecular complexity index is 269. The van der Waals surface area contributed by atoms with Crippen LogP contribution in [0, 0.1) is 9.62 Å². The Balaban J connectivity index is 1.83. The van der Waals surface area contributed by atoms with Gasteiger partial charge in [0.15, 0.2) is 0 Å². The molecule has 1 heterocycles. The molecule has 0 atom stereocenters.